The van der Waals surface area contributed by atoms with Gasteiger partial charge < -0.3 is 0 Å². The van der Waals surface area contributed by atoms with E-state index in [1.165, 1.54) is 0 Å². The van der Waals surface area contributed by atoms with Crippen LogP contribution in [0.4, 0.5) is 0 Å². The van der Waals surface area contributed by atoms with Crippen molar-refractivity contribution in [3.8, 4) is 0 Å². The van der Waals surface area contributed by atoms with Crippen molar-refractivity contribution in [2.24, 2.45) is 0 Å². The maximum absolute atomic E-state index is 7.48. The van der Waals surface area contributed by atoms with Crippen molar-refractivity contribution in [3.05, 3.63) is 0 Å². The van der Waals surface area contributed by atoms with Gasteiger partial charge in [0.15, 0.2) is 0 Å². The Balaban J connectivity index is 3.12. The Hall–Kier alpha value is 0. The topological polar surface area (TPSA) is 0 Å². The molecule has 8 heavy (non-hydrogen) atoms. The molecule has 0 aromatic rings. The standard InChI is InChI=1S/C8H18/c1-3-5-7-8-6-4-2/h3-8H2,1-2H3/i3D,8D. The van der Waals surface area contributed by atoms with E-state index >= 15 is 0 Å². The van der Waals surface area contributed by atoms with E-state index in [9.17, 15) is 0 Å². The third-order valence-electron chi connectivity index (χ3n) is 1.15. The van der Waals surface area contributed by atoms with Crippen LogP contribution in [-0.4, -0.2) is 0 Å². The van der Waals surface area contributed by atoms with Gasteiger partial charge in [-0.3, -0.25) is 0 Å². The van der Waals surface area contributed by atoms with Gasteiger partial charge >= 0.3 is 0 Å². The molecule has 0 radical (unpaired) electrons. The fraction of sp³-hybridized carbons (Fsp3) is 1.00. The largest absolute Gasteiger partial charge is 0.0654 e. The third-order valence-corrected chi connectivity index (χ3v) is 1.15. The van der Waals surface area contributed by atoms with Gasteiger partial charge in [-0.2, -0.15) is 0 Å². The van der Waals surface area contributed by atoms with Crippen molar-refractivity contribution in [1.29, 1.82) is 0 Å². The Bertz CT molecular complexity index is 71.7. The molecule has 0 aromatic heterocycles. The summed E-state index contributed by atoms with van der Waals surface area (Å²) >= 11 is 0. The van der Waals surface area contributed by atoms with Crippen molar-refractivity contribution in [3.63, 3.8) is 0 Å². The van der Waals surface area contributed by atoms with Gasteiger partial charge in [0, 0.05) is 2.74 Å². The summed E-state index contributed by atoms with van der Waals surface area (Å²) in [6.45, 7) is 3.99. The summed E-state index contributed by atoms with van der Waals surface area (Å²) in [7, 11) is 0. The lowest BCUT2D eigenvalue weighted by Gasteiger charge is -1.93. The summed E-state index contributed by atoms with van der Waals surface area (Å²) in [5.41, 5.74) is 0. The van der Waals surface area contributed by atoms with Gasteiger partial charge in [0.25, 0.3) is 0 Å². The molecular weight excluding hydrogens is 96.1 g/mol. The van der Waals surface area contributed by atoms with E-state index in [-0.39, 0.29) is 12.8 Å². The molecule has 50 valence electrons. The molecular formula is C8H18. The smallest absolute Gasteiger partial charge is 0.0267 e. The summed E-state index contributed by atoms with van der Waals surface area (Å²) < 4.78 is 14.7. The van der Waals surface area contributed by atoms with Crippen molar-refractivity contribution in [1.82, 2.24) is 0 Å². The minimum Gasteiger partial charge on any atom is -0.0654 e. The lowest BCUT2D eigenvalue weighted by molar-refractivity contribution is 0.624. The van der Waals surface area contributed by atoms with Crippen LogP contribution in [0.25, 0.3) is 0 Å². The van der Waals surface area contributed by atoms with Gasteiger partial charge in [-0.05, 0) is 0 Å². The fourth-order valence-corrected chi connectivity index (χ4v) is 0.633. The molecule has 0 rings (SSSR count). The summed E-state index contributed by atoms with van der Waals surface area (Å²) in [5.74, 6) is 0. The highest BCUT2D eigenvalue weighted by molar-refractivity contribution is 4.39. The van der Waals surface area contributed by atoms with Gasteiger partial charge in [0.05, 0.1) is 0 Å². The van der Waals surface area contributed by atoms with Crippen LogP contribution >= 0.6 is 0 Å². The summed E-state index contributed by atoms with van der Waals surface area (Å²) in [4.78, 5) is 0. The summed E-state index contributed by atoms with van der Waals surface area (Å²) in [6, 6.07) is 0. The van der Waals surface area contributed by atoms with Crippen LogP contribution in [0.15, 0.2) is 0 Å². The molecule has 0 amide bonds. The molecule has 0 heterocycles. The molecule has 2 atom stereocenters. The zero-order chi connectivity index (χ0) is 7.98. The van der Waals surface area contributed by atoms with E-state index in [2.05, 4.69) is 6.92 Å². The Morgan fingerprint density at radius 2 is 1.88 bits per heavy atom. The van der Waals surface area contributed by atoms with E-state index in [1.54, 1.807) is 0 Å². The van der Waals surface area contributed by atoms with E-state index in [0.29, 0.717) is 0 Å². The predicted octanol–water partition coefficient (Wildman–Crippen LogP) is 3.37. The second kappa shape index (κ2) is 7.00. The first kappa shape index (κ1) is 4.84. The highest BCUT2D eigenvalue weighted by atomic mass is 13.9. The molecule has 0 saturated heterocycles. The third kappa shape index (κ3) is 6.00. The maximum Gasteiger partial charge on any atom is 0.0267 e. The highest BCUT2D eigenvalue weighted by Crippen LogP contribution is 2.03. The van der Waals surface area contributed by atoms with Crippen LogP contribution in [0.2, 0.25) is 0 Å². The monoisotopic (exact) mass is 116 g/mol. The Kier molecular flexibility index (Phi) is 4.23. The average molecular weight is 116 g/mol. The van der Waals surface area contributed by atoms with E-state index in [0.717, 1.165) is 25.7 Å². The molecule has 0 aliphatic carbocycles. The van der Waals surface area contributed by atoms with Gasteiger partial charge in [-0.1, -0.05) is 52.3 Å². The molecule has 0 aliphatic rings. The van der Waals surface area contributed by atoms with E-state index < -0.39 is 0 Å². The molecule has 0 fully saturated rings. The lowest BCUT2D eigenvalue weighted by Crippen LogP contribution is -1.73. The molecule has 0 aliphatic heterocycles. The van der Waals surface area contributed by atoms with Gasteiger partial charge in [-0.15, -0.1) is 0 Å². The Morgan fingerprint density at radius 1 is 1.12 bits per heavy atom. The molecule has 0 N–H and O–H groups in total. The fourth-order valence-electron chi connectivity index (χ4n) is 0.633. The first-order chi connectivity index (χ1) is 4.66. The summed E-state index contributed by atoms with van der Waals surface area (Å²) in [6.07, 6.45) is 3.97. The van der Waals surface area contributed by atoms with Crippen LogP contribution in [0, 0.1) is 0 Å². The molecule has 0 nitrogen and oxygen atoms in total. The zero-order valence-corrected chi connectivity index (χ0v) is 5.98. The Morgan fingerprint density at radius 3 is 2.38 bits per heavy atom. The van der Waals surface area contributed by atoms with Crippen LogP contribution in [-0.2, 0) is 0 Å². The van der Waals surface area contributed by atoms with Gasteiger partial charge in [-0.25, -0.2) is 0 Å². The molecule has 0 heteroatoms. The zero-order valence-electron chi connectivity index (χ0n) is 7.98. The van der Waals surface area contributed by atoms with E-state index in [1.807, 2.05) is 6.92 Å². The highest BCUT2D eigenvalue weighted by Gasteiger charge is 1.83. The Labute approximate surface area is 56.1 Å². The van der Waals surface area contributed by atoms with Crippen molar-refractivity contribution in [2.75, 3.05) is 0 Å². The second-order valence-corrected chi connectivity index (χ2v) is 2.06. The minimum absolute atomic E-state index is 0.0182. The SMILES string of the molecule is [2H]C(C)CCC([2H])CCC. The van der Waals surface area contributed by atoms with Crippen LogP contribution in [0.5, 0.6) is 0 Å². The minimum atomic E-state index is 0.0182. The molecule has 0 aromatic carbocycles. The van der Waals surface area contributed by atoms with Crippen molar-refractivity contribution >= 4 is 0 Å². The molecule has 0 spiro atoms. The van der Waals surface area contributed by atoms with Gasteiger partial charge in [0.2, 0.25) is 0 Å². The van der Waals surface area contributed by atoms with Crippen LogP contribution in [0.1, 0.15) is 55.1 Å². The first-order valence-corrected chi connectivity index (χ1v) is 3.51. The number of rotatable bonds is 5. The van der Waals surface area contributed by atoms with Crippen LogP contribution < -0.4 is 0 Å². The second-order valence-electron chi connectivity index (χ2n) is 2.06. The maximum atomic E-state index is 7.48. The lowest BCUT2D eigenvalue weighted by atomic mass is 10.1. The molecule has 0 bridgehead atoms. The van der Waals surface area contributed by atoms with Crippen molar-refractivity contribution < 1.29 is 2.74 Å². The van der Waals surface area contributed by atoms with E-state index in [4.69, 9.17) is 2.74 Å². The summed E-state index contributed by atoms with van der Waals surface area (Å²) in [5, 5.41) is 0. The molecule has 2 unspecified atom stereocenters. The predicted molar refractivity (Wildman–Crippen MR) is 39.1 cm³/mol. The van der Waals surface area contributed by atoms with Crippen LogP contribution in [0.3, 0.4) is 0 Å². The van der Waals surface area contributed by atoms with Crippen molar-refractivity contribution in [2.45, 2.75) is 52.3 Å². The first-order valence-electron chi connectivity index (χ1n) is 4.66. The normalized spacial score (nSPS) is 21.2. The quantitative estimate of drug-likeness (QED) is 0.516. The molecule has 0 saturated carbocycles. The average Bonchev–Trinajstić information content (AvgIpc) is 1.85. The number of hydrogen-bond donors (Lipinski definition) is 0. The number of hydrogen-bond acceptors (Lipinski definition) is 0. The van der Waals surface area contributed by atoms with Gasteiger partial charge in [0.1, 0.15) is 0 Å².